The third-order valence-corrected chi connectivity index (χ3v) is 10.6. The van der Waals surface area contributed by atoms with Crippen molar-refractivity contribution in [3.05, 3.63) is 67.6 Å². The van der Waals surface area contributed by atoms with Crippen molar-refractivity contribution in [1.29, 1.82) is 0 Å². The van der Waals surface area contributed by atoms with E-state index < -0.39 is 22.8 Å². The number of hydrogen-bond donors (Lipinski definition) is 0. The largest absolute Gasteiger partial charge is 0.468 e. The topological polar surface area (TPSA) is 121 Å². The molecule has 0 unspecified atom stereocenters. The summed E-state index contributed by atoms with van der Waals surface area (Å²) < 4.78 is 11.7. The number of carbonyl (C=O) groups is 6. The number of hydrogen-bond acceptors (Lipinski definition) is 8. The average molecular weight is 763 g/mol. The lowest BCUT2D eigenvalue weighted by atomic mass is 9.62. The molecule has 2 aliphatic carbocycles. The number of ether oxygens (including phenoxy) is 2. The third-order valence-electron chi connectivity index (χ3n) is 9.65. The number of benzene rings is 2. The van der Waals surface area contributed by atoms with Gasteiger partial charge in [-0.3, -0.25) is 28.8 Å². The van der Waals surface area contributed by atoms with Gasteiger partial charge in [-0.25, -0.2) is 0 Å². The number of Topliss-reactive ketones (excluding diaryl/α,β-unsaturated/α-hetero) is 4. The summed E-state index contributed by atoms with van der Waals surface area (Å²) in [4.78, 5) is 75.0. The maximum atomic E-state index is 13.1. The Morgan fingerprint density at radius 3 is 1.35 bits per heavy atom. The standard InChI is InChI=1S/2C18H21BrO4/c2*1-4-14(20)9-11(2)18(17(22)23-3)8-7-12-10-13(19)5-6-15(12)16(18)21/h2*5-6,10-11H,4,7-9H2,1-3H3/t2*11-,18-/m00/s1. The van der Waals surface area contributed by atoms with Crippen LogP contribution in [0.1, 0.15) is 98.1 Å². The molecule has 0 saturated heterocycles. The molecule has 0 fully saturated rings. The molecule has 2 aromatic rings. The number of ketones is 4. The summed E-state index contributed by atoms with van der Waals surface area (Å²) in [5.74, 6) is -2.19. The van der Waals surface area contributed by atoms with Gasteiger partial charge in [-0.05, 0) is 85.0 Å². The molecular formula is C36H42Br2O8. The van der Waals surface area contributed by atoms with Crippen molar-refractivity contribution in [1.82, 2.24) is 0 Å². The van der Waals surface area contributed by atoms with Crippen molar-refractivity contribution < 1.29 is 38.2 Å². The number of halogens is 2. The van der Waals surface area contributed by atoms with Crippen LogP contribution in [0.3, 0.4) is 0 Å². The maximum absolute atomic E-state index is 13.1. The van der Waals surface area contributed by atoms with Crippen molar-refractivity contribution in [2.45, 2.75) is 79.1 Å². The van der Waals surface area contributed by atoms with Crippen LogP contribution in [0.2, 0.25) is 0 Å². The van der Waals surface area contributed by atoms with Crippen molar-refractivity contribution in [3.63, 3.8) is 0 Å². The molecule has 2 aromatic carbocycles. The third kappa shape index (κ3) is 7.28. The number of rotatable bonds is 10. The summed E-state index contributed by atoms with van der Waals surface area (Å²) in [5, 5.41) is 0. The van der Waals surface area contributed by atoms with Gasteiger partial charge in [-0.2, -0.15) is 0 Å². The highest BCUT2D eigenvalue weighted by atomic mass is 79.9. The zero-order valence-corrected chi connectivity index (χ0v) is 30.5. The first-order valence-electron chi connectivity index (χ1n) is 15.6. The predicted molar refractivity (Wildman–Crippen MR) is 181 cm³/mol. The minimum Gasteiger partial charge on any atom is -0.468 e. The molecule has 0 N–H and O–H groups in total. The van der Waals surface area contributed by atoms with Crippen LogP contribution in [-0.4, -0.2) is 49.3 Å². The minimum atomic E-state index is -1.26. The fourth-order valence-electron chi connectivity index (χ4n) is 6.77. The van der Waals surface area contributed by atoms with Gasteiger partial charge in [0.15, 0.2) is 11.6 Å². The zero-order valence-electron chi connectivity index (χ0n) is 27.3. The van der Waals surface area contributed by atoms with Crippen LogP contribution in [0, 0.1) is 22.7 Å². The molecule has 10 heteroatoms. The normalized spacial score (nSPS) is 21.5. The number of carbonyl (C=O) groups excluding carboxylic acids is 6. The lowest BCUT2D eigenvalue weighted by Gasteiger charge is -2.38. The molecule has 0 heterocycles. The van der Waals surface area contributed by atoms with E-state index >= 15 is 0 Å². The van der Waals surface area contributed by atoms with E-state index in [1.807, 2.05) is 12.1 Å². The quantitative estimate of drug-likeness (QED) is 0.181. The second-order valence-electron chi connectivity index (χ2n) is 12.2. The van der Waals surface area contributed by atoms with Crippen molar-refractivity contribution in [2.75, 3.05) is 14.2 Å². The van der Waals surface area contributed by atoms with Crippen molar-refractivity contribution in [2.24, 2.45) is 22.7 Å². The lowest BCUT2D eigenvalue weighted by molar-refractivity contribution is -0.154. The maximum Gasteiger partial charge on any atom is 0.320 e. The monoisotopic (exact) mass is 760 g/mol. The average Bonchev–Trinajstić information content (AvgIpc) is 3.04. The highest BCUT2D eigenvalue weighted by molar-refractivity contribution is 9.10. The highest BCUT2D eigenvalue weighted by Crippen LogP contribution is 2.46. The molecule has 2 aliphatic rings. The fourth-order valence-corrected chi connectivity index (χ4v) is 7.59. The minimum absolute atomic E-state index is 0.0511. The van der Waals surface area contributed by atoms with E-state index in [2.05, 4.69) is 31.9 Å². The SMILES string of the molecule is CCC(=O)C[C@H](C)[C@@]1(C(=O)OC)CCc2cc(Br)ccc2C1=O.CCC(=O)C[C@H](C)[C@@]1(C(=O)OC)CCc2cc(Br)ccc2C1=O. The Kier molecular flexibility index (Phi) is 12.8. The van der Waals surface area contributed by atoms with Gasteiger partial charge in [0.25, 0.3) is 0 Å². The number of esters is 2. The summed E-state index contributed by atoms with van der Waals surface area (Å²) >= 11 is 6.81. The number of aryl methyl sites for hydroxylation is 2. The Balaban J connectivity index is 0.000000250. The van der Waals surface area contributed by atoms with Gasteiger partial charge in [0.05, 0.1) is 14.2 Å². The van der Waals surface area contributed by atoms with Gasteiger partial charge in [0.1, 0.15) is 22.4 Å². The molecule has 0 spiro atoms. The molecule has 8 nitrogen and oxygen atoms in total. The summed E-state index contributed by atoms with van der Waals surface area (Å²) in [6.45, 7) is 7.17. The molecule has 4 atom stereocenters. The van der Waals surface area contributed by atoms with Crippen LogP contribution in [0.5, 0.6) is 0 Å². The van der Waals surface area contributed by atoms with Crippen LogP contribution >= 0.6 is 31.9 Å². The Morgan fingerprint density at radius 1 is 0.696 bits per heavy atom. The van der Waals surface area contributed by atoms with Gasteiger partial charge in [0, 0.05) is 45.8 Å². The Morgan fingerprint density at radius 2 is 1.04 bits per heavy atom. The highest BCUT2D eigenvalue weighted by Gasteiger charge is 2.55. The van der Waals surface area contributed by atoms with Crippen LogP contribution in [0.25, 0.3) is 0 Å². The molecular weight excluding hydrogens is 720 g/mol. The molecule has 0 saturated carbocycles. The first-order chi connectivity index (χ1) is 21.7. The fraction of sp³-hybridized carbons (Fsp3) is 0.500. The first kappa shape index (κ1) is 37.5. The van der Waals surface area contributed by atoms with Crippen LogP contribution in [0.15, 0.2) is 45.3 Å². The first-order valence-corrected chi connectivity index (χ1v) is 17.2. The smallest absolute Gasteiger partial charge is 0.320 e. The van der Waals surface area contributed by atoms with E-state index in [9.17, 15) is 28.8 Å². The summed E-state index contributed by atoms with van der Waals surface area (Å²) in [6.07, 6.45) is 3.20. The Labute approximate surface area is 287 Å². The molecule has 0 aromatic heterocycles. The molecule has 0 bridgehead atoms. The Hall–Kier alpha value is -2.98. The van der Waals surface area contributed by atoms with E-state index in [-0.39, 0.29) is 47.8 Å². The van der Waals surface area contributed by atoms with Gasteiger partial charge < -0.3 is 9.47 Å². The van der Waals surface area contributed by atoms with Crippen LogP contribution in [0.4, 0.5) is 0 Å². The van der Waals surface area contributed by atoms with E-state index in [1.165, 1.54) is 14.2 Å². The van der Waals surface area contributed by atoms with Crippen molar-refractivity contribution >= 4 is 66.9 Å². The van der Waals surface area contributed by atoms with E-state index in [0.29, 0.717) is 49.7 Å². The number of methoxy groups -OCH3 is 2. The van der Waals surface area contributed by atoms with Crippen LogP contribution in [-0.2, 0) is 41.5 Å². The van der Waals surface area contributed by atoms with E-state index in [0.717, 1.165) is 20.1 Å². The second kappa shape index (κ2) is 15.7. The summed E-state index contributed by atoms with van der Waals surface area (Å²) in [5.41, 5.74) is 0.443. The molecule has 4 rings (SSSR count). The second-order valence-corrected chi connectivity index (χ2v) is 14.0. The number of fused-ring (bicyclic) bond motifs is 2. The Bertz CT molecular complexity index is 1420. The zero-order chi connectivity index (χ0) is 34.4. The van der Waals surface area contributed by atoms with E-state index in [4.69, 9.17) is 9.47 Å². The molecule has 0 radical (unpaired) electrons. The molecule has 0 aliphatic heterocycles. The van der Waals surface area contributed by atoms with Gasteiger partial charge >= 0.3 is 11.9 Å². The van der Waals surface area contributed by atoms with Crippen LogP contribution < -0.4 is 0 Å². The lowest BCUT2D eigenvalue weighted by Crippen LogP contribution is -2.49. The van der Waals surface area contributed by atoms with Gasteiger partial charge in [-0.15, -0.1) is 0 Å². The molecule has 248 valence electrons. The van der Waals surface area contributed by atoms with Gasteiger partial charge in [0.2, 0.25) is 0 Å². The molecule has 0 amide bonds. The molecule has 46 heavy (non-hydrogen) atoms. The van der Waals surface area contributed by atoms with Crippen molar-refractivity contribution in [3.8, 4) is 0 Å². The summed E-state index contributed by atoms with van der Waals surface area (Å²) in [7, 11) is 2.59. The van der Waals surface area contributed by atoms with E-state index in [1.54, 1.807) is 52.0 Å². The van der Waals surface area contributed by atoms with Gasteiger partial charge in [-0.1, -0.05) is 59.6 Å². The summed E-state index contributed by atoms with van der Waals surface area (Å²) in [6, 6.07) is 10.9. The predicted octanol–water partition coefficient (Wildman–Crippen LogP) is 7.49.